The first-order valence-electron chi connectivity index (χ1n) is 12.3. The minimum absolute atomic E-state index is 0.0873. The number of hydrogen-bond donors (Lipinski definition) is 1. The summed E-state index contributed by atoms with van der Waals surface area (Å²) in [7, 11) is -3.99. The summed E-state index contributed by atoms with van der Waals surface area (Å²) < 4.78 is 41.2. The maximum absolute atomic E-state index is 14.7. The van der Waals surface area contributed by atoms with Gasteiger partial charge in [-0.1, -0.05) is 78.7 Å². The molecule has 0 heterocycles. The Bertz CT molecular complexity index is 1390. The van der Waals surface area contributed by atoms with Crippen LogP contribution in [0.4, 0.5) is 10.1 Å². The predicted molar refractivity (Wildman–Crippen MR) is 153 cm³/mol. The molecule has 0 aliphatic heterocycles. The summed E-state index contributed by atoms with van der Waals surface area (Å²) in [6.45, 7) is 1.37. The number of nitrogens with one attached hydrogen (secondary N) is 1. The largest absolute Gasteiger partial charge is 0.354 e. The van der Waals surface area contributed by atoms with Gasteiger partial charge >= 0.3 is 0 Å². The summed E-state index contributed by atoms with van der Waals surface area (Å²) >= 11 is 12.2. The molecule has 2 amide bonds. The maximum Gasteiger partial charge on any atom is 0.244 e. The molecule has 11 heteroatoms. The van der Waals surface area contributed by atoms with Gasteiger partial charge in [0.1, 0.15) is 18.4 Å². The topological polar surface area (TPSA) is 86.8 Å². The molecule has 7 nitrogen and oxygen atoms in total. The van der Waals surface area contributed by atoms with Crippen molar-refractivity contribution in [1.29, 1.82) is 0 Å². The van der Waals surface area contributed by atoms with E-state index in [2.05, 4.69) is 5.32 Å². The number of anilines is 1. The molecule has 39 heavy (non-hydrogen) atoms. The molecule has 1 atom stereocenters. The summed E-state index contributed by atoms with van der Waals surface area (Å²) in [5.74, 6) is -1.68. The number of rotatable bonds is 12. The molecule has 0 radical (unpaired) electrons. The van der Waals surface area contributed by atoms with Crippen molar-refractivity contribution in [1.82, 2.24) is 10.2 Å². The fourth-order valence-corrected chi connectivity index (χ4v) is 5.37. The van der Waals surface area contributed by atoms with Crippen molar-refractivity contribution in [2.45, 2.75) is 32.4 Å². The number of carbonyl (C=O) groups is 2. The molecule has 208 valence electrons. The van der Waals surface area contributed by atoms with E-state index in [1.165, 1.54) is 41.3 Å². The zero-order valence-corrected chi connectivity index (χ0v) is 23.9. The van der Waals surface area contributed by atoms with E-state index in [0.717, 1.165) is 16.1 Å². The van der Waals surface area contributed by atoms with Crippen molar-refractivity contribution in [3.63, 3.8) is 0 Å². The van der Waals surface area contributed by atoms with Crippen molar-refractivity contribution < 1.29 is 22.4 Å². The first-order valence-corrected chi connectivity index (χ1v) is 14.9. The molecule has 0 fully saturated rings. The van der Waals surface area contributed by atoms with Crippen molar-refractivity contribution in [2.24, 2.45) is 0 Å². The summed E-state index contributed by atoms with van der Waals surface area (Å²) in [6.07, 6.45) is 1.76. The van der Waals surface area contributed by atoms with Gasteiger partial charge in [0.05, 0.1) is 11.9 Å². The minimum atomic E-state index is -3.99. The van der Waals surface area contributed by atoms with Crippen LogP contribution in [0.2, 0.25) is 10.0 Å². The lowest BCUT2D eigenvalue weighted by Crippen LogP contribution is -2.53. The second kappa shape index (κ2) is 13.8. The van der Waals surface area contributed by atoms with Crippen molar-refractivity contribution in [3.8, 4) is 0 Å². The lowest BCUT2D eigenvalue weighted by Gasteiger charge is -2.33. The van der Waals surface area contributed by atoms with Gasteiger partial charge in [-0.05, 0) is 36.2 Å². The highest BCUT2D eigenvalue weighted by Gasteiger charge is 2.33. The maximum atomic E-state index is 14.7. The van der Waals surface area contributed by atoms with Gasteiger partial charge in [0.2, 0.25) is 21.8 Å². The Morgan fingerprint density at radius 2 is 1.59 bits per heavy atom. The number of hydrogen-bond acceptors (Lipinski definition) is 4. The molecule has 0 saturated carbocycles. The van der Waals surface area contributed by atoms with Gasteiger partial charge in [-0.15, -0.1) is 0 Å². The minimum Gasteiger partial charge on any atom is -0.354 e. The second-order valence-electron chi connectivity index (χ2n) is 9.01. The average Bonchev–Trinajstić information content (AvgIpc) is 2.88. The van der Waals surface area contributed by atoms with E-state index in [-0.39, 0.29) is 34.3 Å². The van der Waals surface area contributed by atoms with Crippen LogP contribution in [0.1, 0.15) is 24.5 Å². The van der Waals surface area contributed by atoms with E-state index < -0.39 is 40.2 Å². The highest BCUT2D eigenvalue weighted by Crippen LogP contribution is 2.27. The number of sulfonamides is 1. The van der Waals surface area contributed by atoms with Crippen molar-refractivity contribution in [3.05, 3.63) is 99.8 Å². The molecule has 0 unspecified atom stereocenters. The molecule has 0 saturated heterocycles. The third-order valence-electron chi connectivity index (χ3n) is 5.93. The first-order chi connectivity index (χ1) is 18.5. The van der Waals surface area contributed by atoms with E-state index in [4.69, 9.17) is 23.2 Å². The third kappa shape index (κ3) is 8.68. The quantitative estimate of drug-likeness (QED) is 0.318. The lowest BCUT2D eigenvalue weighted by molar-refractivity contribution is -0.140. The molecular formula is C28H30Cl2FN3O4S. The summed E-state index contributed by atoms with van der Waals surface area (Å²) in [5, 5.41) is 3.19. The molecule has 1 N–H and O–H groups in total. The number of nitrogens with zero attached hydrogens (tertiary/aromatic N) is 2. The van der Waals surface area contributed by atoms with Crippen LogP contribution in [0, 0.1) is 5.82 Å². The number of halogens is 3. The zero-order valence-electron chi connectivity index (χ0n) is 21.6. The van der Waals surface area contributed by atoms with E-state index in [0.29, 0.717) is 13.0 Å². The van der Waals surface area contributed by atoms with Crippen LogP contribution in [0.3, 0.4) is 0 Å². The van der Waals surface area contributed by atoms with Gasteiger partial charge < -0.3 is 10.2 Å². The molecular weight excluding hydrogens is 564 g/mol. The fourth-order valence-electron chi connectivity index (χ4n) is 4.03. The molecule has 3 rings (SSSR count). The number of carbonyl (C=O) groups excluding carboxylic acids is 2. The van der Waals surface area contributed by atoms with Gasteiger partial charge in [-0.2, -0.15) is 0 Å². The van der Waals surface area contributed by atoms with Gasteiger partial charge in [-0.25, -0.2) is 12.8 Å². The Kier molecular flexibility index (Phi) is 10.7. The zero-order chi connectivity index (χ0) is 28.6. The Morgan fingerprint density at radius 3 is 2.18 bits per heavy atom. The van der Waals surface area contributed by atoms with Crippen LogP contribution in [0.15, 0.2) is 72.8 Å². The summed E-state index contributed by atoms with van der Waals surface area (Å²) in [5.41, 5.74) is 1.05. The highest BCUT2D eigenvalue weighted by atomic mass is 35.5. The highest BCUT2D eigenvalue weighted by molar-refractivity contribution is 7.92. The van der Waals surface area contributed by atoms with Crippen LogP contribution in [-0.2, 0) is 32.6 Å². The number of amides is 2. The van der Waals surface area contributed by atoms with Gasteiger partial charge in [0.25, 0.3) is 0 Å². The summed E-state index contributed by atoms with van der Waals surface area (Å²) in [4.78, 5) is 28.5. The Labute approximate surface area is 238 Å². The molecule has 0 aliphatic rings. The normalized spacial score (nSPS) is 12.0. The van der Waals surface area contributed by atoms with Gasteiger partial charge in [0, 0.05) is 35.1 Å². The van der Waals surface area contributed by atoms with Crippen molar-refractivity contribution >= 4 is 50.7 Å². The SMILES string of the molecule is CCCNC(=O)[C@@H](Cc1ccccc1)N(Cc1ccccc1F)C(=O)CN(c1cc(Cl)cc(Cl)c1)S(C)(=O)=O. The first kappa shape index (κ1) is 30.4. The summed E-state index contributed by atoms with van der Waals surface area (Å²) in [6, 6.07) is 18.2. The standard InChI is InChI=1S/C28H30Cl2FN3O4S/c1-3-13-32-28(36)26(14-20-9-5-4-6-10-20)33(18-21-11-7-8-12-25(21)31)27(35)19-34(39(2,37)38)24-16-22(29)15-23(30)17-24/h4-12,15-17,26H,3,13-14,18-19H2,1-2H3,(H,32,36)/t26-/m1/s1. The molecule has 0 spiro atoms. The number of benzene rings is 3. The van der Waals surface area contributed by atoms with Gasteiger partial charge in [-0.3, -0.25) is 13.9 Å². The lowest BCUT2D eigenvalue weighted by atomic mass is 10.0. The Hall–Kier alpha value is -3.14. The van der Waals surface area contributed by atoms with Crippen LogP contribution in [0.25, 0.3) is 0 Å². The molecule has 3 aromatic carbocycles. The third-order valence-corrected chi connectivity index (χ3v) is 7.51. The molecule has 0 bridgehead atoms. The van der Waals surface area contributed by atoms with E-state index in [1.807, 2.05) is 37.3 Å². The van der Waals surface area contributed by atoms with Crippen LogP contribution in [-0.4, -0.2) is 50.5 Å². The Balaban J connectivity index is 2.07. The fraction of sp³-hybridized carbons (Fsp3) is 0.286. The second-order valence-corrected chi connectivity index (χ2v) is 11.8. The smallest absolute Gasteiger partial charge is 0.244 e. The van der Waals surface area contributed by atoms with E-state index in [9.17, 15) is 22.4 Å². The van der Waals surface area contributed by atoms with E-state index >= 15 is 0 Å². The average molecular weight is 595 g/mol. The van der Waals surface area contributed by atoms with Crippen LogP contribution in [0.5, 0.6) is 0 Å². The van der Waals surface area contributed by atoms with Gasteiger partial charge in [0.15, 0.2) is 0 Å². The monoisotopic (exact) mass is 593 g/mol. The molecule has 3 aromatic rings. The Morgan fingerprint density at radius 1 is 0.974 bits per heavy atom. The molecule has 0 aromatic heterocycles. The van der Waals surface area contributed by atoms with Crippen LogP contribution < -0.4 is 9.62 Å². The van der Waals surface area contributed by atoms with Crippen molar-refractivity contribution in [2.75, 3.05) is 23.7 Å². The predicted octanol–water partition coefficient (Wildman–Crippen LogP) is 5.06. The molecule has 0 aliphatic carbocycles. The van der Waals surface area contributed by atoms with Crippen LogP contribution >= 0.6 is 23.2 Å². The van der Waals surface area contributed by atoms with E-state index in [1.54, 1.807) is 6.07 Å².